The van der Waals surface area contributed by atoms with Crippen LogP contribution in [0.1, 0.15) is 35.8 Å². The standard InChI is InChI=1S/C20H20N2O3S/c1-12(2)19(13-4-6-16-17(9-13)25-8-7-24-16)22-20(23)14-3-5-15-18(10-14)26-11-21-15/h3-6,9-12,19H,7-8H2,1-2H3,(H,22,23). The van der Waals surface area contributed by atoms with E-state index in [1.807, 2.05) is 36.4 Å². The number of carbonyl (C=O) groups is 1. The van der Waals surface area contributed by atoms with E-state index in [0.29, 0.717) is 18.8 Å². The third kappa shape index (κ3) is 3.24. The normalized spacial score (nSPS) is 14.4. The quantitative estimate of drug-likeness (QED) is 0.750. The third-order valence-corrected chi connectivity index (χ3v) is 5.26. The molecule has 0 aliphatic carbocycles. The average Bonchev–Trinajstić information content (AvgIpc) is 3.13. The fraction of sp³-hybridized carbons (Fsp3) is 0.300. The van der Waals surface area contributed by atoms with Crippen molar-refractivity contribution in [3.63, 3.8) is 0 Å². The lowest BCUT2D eigenvalue weighted by atomic mass is 9.95. The summed E-state index contributed by atoms with van der Waals surface area (Å²) in [6.45, 7) is 5.29. The Balaban J connectivity index is 1.59. The minimum atomic E-state index is -0.115. The Morgan fingerprint density at radius 2 is 1.92 bits per heavy atom. The summed E-state index contributed by atoms with van der Waals surface area (Å²) in [6, 6.07) is 11.3. The molecule has 0 saturated carbocycles. The molecule has 6 heteroatoms. The van der Waals surface area contributed by atoms with E-state index in [9.17, 15) is 4.79 Å². The zero-order valence-electron chi connectivity index (χ0n) is 14.7. The Bertz CT molecular complexity index is 951. The first-order valence-electron chi connectivity index (χ1n) is 8.65. The van der Waals surface area contributed by atoms with E-state index >= 15 is 0 Å². The van der Waals surface area contributed by atoms with Crippen LogP contribution in [-0.4, -0.2) is 24.1 Å². The molecule has 0 spiro atoms. The van der Waals surface area contributed by atoms with Gasteiger partial charge < -0.3 is 14.8 Å². The lowest BCUT2D eigenvalue weighted by molar-refractivity contribution is 0.0925. The summed E-state index contributed by atoms with van der Waals surface area (Å²) in [4.78, 5) is 17.1. The predicted octanol–water partition coefficient (Wildman–Crippen LogP) is 4.19. The molecule has 1 aromatic heterocycles. The van der Waals surface area contributed by atoms with E-state index in [0.717, 1.165) is 27.3 Å². The molecule has 26 heavy (non-hydrogen) atoms. The van der Waals surface area contributed by atoms with Crippen molar-refractivity contribution in [3.8, 4) is 11.5 Å². The summed E-state index contributed by atoms with van der Waals surface area (Å²) in [5.74, 6) is 1.63. The fourth-order valence-electron chi connectivity index (χ4n) is 3.11. The van der Waals surface area contributed by atoms with E-state index in [1.54, 1.807) is 5.51 Å². The van der Waals surface area contributed by atoms with Crippen LogP contribution in [0.3, 0.4) is 0 Å². The zero-order chi connectivity index (χ0) is 18.1. The van der Waals surface area contributed by atoms with Gasteiger partial charge in [-0.05, 0) is 41.8 Å². The molecule has 1 N–H and O–H groups in total. The lowest BCUT2D eigenvalue weighted by Gasteiger charge is -2.25. The van der Waals surface area contributed by atoms with Gasteiger partial charge >= 0.3 is 0 Å². The highest BCUT2D eigenvalue weighted by Gasteiger charge is 2.22. The third-order valence-electron chi connectivity index (χ3n) is 4.47. The number of benzene rings is 2. The first-order chi connectivity index (χ1) is 12.6. The summed E-state index contributed by atoms with van der Waals surface area (Å²) in [7, 11) is 0. The second-order valence-corrected chi connectivity index (χ2v) is 7.52. The summed E-state index contributed by atoms with van der Waals surface area (Å²) in [5, 5.41) is 3.16. The number of rotatable bonds is 4. The highest BCUT2D eigenvalue weighted by molar-refractivity contribution is 7.16. The van der Waals surface area contributed by atoms with Crippen LogP contribution in [0.4, 0.5) is 0 Å². The van der Waals surface area contributed by atoms with Gasteiger partial charge in [-0.3, -0.25) is 4.79 Å². The van der Waals surface area contributed by atoms with Crippen molar-refractivity contribution in [2.45, 2.75) is 19.9 Å². The molecule has 1 unspecified atom stereocenters. The van der Waals surface area contributed by atoms with Crippen LogP contribution in [0, 0.1) is 5.92 Å². The molecule has 2 aromatic carbocycles. The van der Waals surface area contributed by atoms with E-state index in [1.165, 1.54) is 11.3 Å². The maximum Gasteiger partial charge on any atom is 0.251 e. The average molecular weight is 368 g/mol. The zero-order valence-corrected chi connectivity index (χ0v) is 15.5. The molecule has 0 fully saturated rings. The number of hydrogen-bond acceptors (Lipinski definition) is 5. The second kappa shape index (κ2) is 6.96. The van der Waals surface area contributed by atoms with E-state index < -0.39 is 0 Å². The smallest absolute Gasteiger partial charge is 0.251 e. The molecule has 1 aliphatic heterocycles. The van der Waals surface area contributed by atoms with Crippen molar-refractivity contribution < 1.29 is 14.3 Å². The van der Waals surface area contributed by atoms with Crippen LogP contribution in [0.15, 0.2) is 41.9 Å². The van der Waals surface area contributed by atoms with E-state index in [-0.39, 0.29) is 17.9 Å². The van der Waals surface area contributed by atoms with Gasteiger partial charge in [0, 0.05) is 5.56 Å². The minimum absolute atomic E-state index is 0.0890. The summed E-state index contributed by atoms with van der Waals surface area (Å²) in [6.07, 6.45) is 0. The molecule has 4 rings (SSSR count). The number of amides is 1. The van der Waals surface area contributed by atoms with Gasteiger partial charge in [0.25, 0.3) is 5.91 Å². The number of thiazole rings is 1. The molecule has 1 amide bonds. The van der Waals surface area contributed by atoms with Gasteiger partial charge in [0.2, 0.25) is 0 Å². The van der Waals surface area contributed by atoms with Gasteiger partial charge in [0.15, 0.2) is 11.5 Å². The van der Waals surface area contributed by atoms with Crippen LogP contribution in [0.25, 0.3) is 10.2 Å². The summed E-state index contributed by atoms with van der Waals surface area (Å²) < 4.78 is 12.3. The molecule has 134 valence electrons. The Hall–Kier alpha value is -2.60. The molecule has 1 aliphatic rings. The number of carbonyl (C=O) groups excluding carboxylic acids is 1. The first kappa shape index (κ1) is 16.8. The van der Waals surface area contributed by atoms with Crippen molar-refractivity contribution in [2.75, 3.05) is 13.2 Å². The number of ether oxygens (including phenoxy) is 2. The van der Waals surface area contributed by atoms with Gasteiger partial charge in [-0.1, -0.05) is 19.9 Å². The van der Waals surface area contributed by atoms with Crippen molar-refractivity contribution in [3.05, 3.63) is 53.0 Å². The lowest BCUT2D eigenvalue weighted by Crippen LogP contribution is -2.31. The highest BCUT2D eigenvalue weighted by Crippen LogP contribution is 2.34. The topological polar surface area (TPSA) is 60.5 Å². The van der Waals surface area contributed by atoms with Crippen molar-refractivity contribution >= 4 is 27.5 Å². The molecule has 5 nitrogen and oxygen atoms in total. The number of nitrogens with one attached hydrogen (secondary N) is 1. The molecular weight excluding hydrogens is 348 g/mol. The van der Waals surface area contributed by atoms with Gasteiger partial charge in [-0.2, -0.15) is 0 Å². The van der Waals surface area contributed by atoms with E-state index in [4.69, 9.17) is 9.47 Å². The van der Waals surface area contributed by atoms with Crippen LogP contribution < -0.4 is 14.8 Å². The van der Waals surface area contributed by atoms with Crippen molar-refractivity contribution in [1.29, 1.82) is 0 Å². The van der Waals surface area contributed by atoms with Crippen molar-refractivity contribution in [1.82, 2.24) is 10.3 Å². The first-order valence-corrected chi connectivity index (χ1v) is 9.53. The number of aromatic nitrogens is 1. The monoisotopic (exact) mass is 368 g/mol. The summed E-state index contributed by atoms with van der Waals surface area (Å²) >= 11 is 1.53. The number of fused-ring (bicyclic) bond motifs is 2. The SMILES string of the molecule is CC(C)C(NC(=O)c1ccc2ncsc2c1)c1ccc2c(c1)OCCO2. The Morgan fingerprint density at radius 3 is 2.73 bits per heavy atom. The largest absolute Gasteiger partial charge is 0.486 e. The Labute approximate surface area is 156 Å². The number of nitrogens with zero attached hydrogens (tertiary/aromatic N) is 1. The Morgan fingerprint density at radius 1 is 1.12 bits per heavy atom. The fourth-order valence-corrected chi connectivity index (χ4v) is 3.83. The number of hydrogen-bond donors (Lipinski definition) is 1. The van der Waals surface area contributed by atoms with Crippen LogP contribution >= 0.6 is 11.3 Å². The molecular formula is C20H20N2O3S. The summed E-state index contributed by atoms with van der Waals surface area (Å²) in [5.41, 5.74) is 4.36. The maximum atomic E-state index is 12.8. The predicted molar refractivity (Wildman–Crippen MR) is 102 cm³/mol. The van der Waals surface area contributed by atoms with Crippen LogP contribution in [0.5, 0.6) is 11.5 Å². The van der Waals surface area contributed by atoms with Crippen LogP contribution in [0.2, 0.25) is 0 Å². The highest BCUT2D eigenvalue weighted by atomic mass is 32.1. The molecule has 0 saturated heterocycles. The van der Waals surface area contributed by atoms with Gasteiger partial charge in [0.05, 0.1) is 21.8 Å². The Kier molecular flexibility index (Phi) is 4.51. The maximum absolute atomic E-state index is 12.8. The van der Waals surface area contributed by atoms with Crippen LogP contribution in [-0.2, 0) is 0 Å². The minimum Gasteiger partial charge on any atom is -0.486 e. The molecule has 0 radical (unpaired) electrons. The molecule has 2 heterocycles. The van der Waals surface area contributed by atoms with Crippen molar-refractivity contribution in [2.24, 2.45) is 5.92 Å². The van der Waals surface area contributed by atoms with Gasteiger partial charge in [-0.25, -0.2) is 4.98 Å². The van der Waals surface area contributed by atoms with Gasteiger partial charge in [0.1, 0.15) is 13.2 Å². The van der Waals surface area contributed by atoms with Gasteiger partial charge in [-0.15, -0.1) is 11.3 Å². The van der Waals surface area contributed by atoms with E-state index in [2.05, 4.69) is 24.1 Å². The molecule has 3 aromatic rings. The molecule has 0 bridgehead atoms. The molecule has 1 atom stereocenters. The second-order valence-electron chi connectivity index (χ2n) is 6.63.